The van der Waals surface area contributed by atoms with E-state index in [9.17, 15) is 26.3 Å². The predicted octanol–water partition coefficient (Wildman–Crippen LogP) is 12.3. The smallest absolute Gasteiger partial charge is 0.314 e. The monoisotopic (exact) mass is 840 g/mol. The quantitative estimate of drug-likeness (QED) is 0.0727. The Balaban J connectivity index is 0.000000257. The Bertz CT molecular complexity index is 2570. The molecule has 4 aromatic carbocycles. The lowest BCUT2D eigenvalue weighted by molar-refractivity contribution is -0.137. The molecule has 0 atom stereocenters. The molecule has 1 aliphatic carbocycles. The van der Waals surface area contributed by atoms with E-state index in [1.54, 1.807) is 43.4 Å². The zero-order valence-electron chi connectivity index (χ0n) is 32.2. The number of hydrogen-bond donors (Lipinski definition) is 4. The van der Waals surface area contributed by atoms with Gasteiger partial charge in [0.1, 0.15) is 10.1 Å². The Morgan fingerprint density at radius 3 is 1.59 bits per heavy atom. The Morgan fingerprint density at radius 2 is 1.08 bits per heavy atom. The SMILES string of the molecule is CNCc1cccc(-c2ccccc2C(F)(F)F)n1.CSC(=N)c1ccc2c(c1)C(C)(C)c1cc(C(=N)SC(=N)c3cccc(-c4ccccc4C(F)(F)F)n3)ccc1-2. The van der Waals surface area contributed by atoms with E-state index in [4.69, 9.17) is 16.2 Å². The molecule has 2 heterocycles. The molecule has 0 amide bonds. The summed E-state index contributed by atoms with van der Waals surface area (Å²) in [6.07, 6.45) is -7.02. The molecule has 14 heteroatoms. The van der Waals surface area contributed by atoms with Crippen molar-refractivity contribution in [1.82, 2.24) is 15.3 Å². The fourth-order valence-electron chi connectivity index (χ4n) is 6.88. The van der Waals surface area contributed by atoms with Gasteiger partial charge in [0.2, 0.25) is 0 Å². The fourth-order valence-corrected chi connectivity index (χ4v) is 7.91. The van der Waals surface area contributed by atoms with E-state index < -0.39 is 23.5 Å². The molecular formula is C45H38F6N6S2. The standard InChI is InChI=1S/C31H25F3N4S2.C14H13F3N2/c1-30(2)23-15-17(27(35)39-3)11-13-19(23)20-14-12-18(16-24(20)30)28(36)40-29(37)26-10-6-9-25(38-26)21-7-4-5-8-22(21)31(32,33)34;1-18-9-10-5-4-8-13(19-10)11-6-2-3-7-12(11)14(15,16)17/h4-16,35-37H,1-3H3;2-8,18H,9H2,1H3. The number of rotatable bonds is 7. The molecule has 0 saturated heterocycles. The van der Waals surface area contributed by atoms with Gasteiger partial charge in [-0.3, -0.25) is 21.2 Å². The van der Waals surface area contributed by atoms with Crippen molar-refractivity contribution in [2.75, 3.05) is 13.3 Å². The van der Waals surface area contributed by atoms with Crippen molar-refractivity contribution < 1.29 is 26.3 Å². The van der Waals surface area contributed by atoms with Crippen LogP contribution in [0.5, 0.6) is 0 Å². The summed E-state index contributed by atoms with van der Waals surface area (Å²) in [4.78, 5) is 8.58. The third kappa shape index (κ3) is 9.35. The average Bonchev–Trinajstić information content (AvgIpc) is 3.45. The highest BCUT2D eigenvalue weighted by Crippen LogP contribution is 2.49. The van der Waals surface area contributed by atoms with Gasteiger partial charge in [-0.1, -0.05) is 86.6 Å². The summed E-state index contributed by atoms with van der Waals surface area (Å²) in [5.74, 6) is 0. The van der Waals surface area contributed by atoms with Gasteiger partial charge < -0.3 is 5.32 Å². The molecule has 4 N–H and O–H groups in total. The van der Waals surface area contributed by atoms with Crippen LogP contribution in [0.3, 0.4) is 0 Å². The highest BCUT2D eigenvalue weighted by molar-refractivity contribution is 8.27. The van der Waals surface area contributed by atoms with E-state index >= 15 is 0 Å². The Kier molecular flexibility index (Phi) is 12.6. The van der Waals surface area contributed by atoms with Gasteiger partial charge in [0.25, 0.3) is 0 Å². The number of alkyl halides is 6. The highest BCUT2D eigenvalue weighted by Gasteiger charge is 2.37. The molecule has 0 aliphatic heterocycles. The first kappa shape index (κ1) is 43.0. The van der Waals surface area contributed by atoms with Crippen LogP contribution in [0.25, 0.3) is 33.6 Å². The third-order valence-corrected chi connectivity index (χ3v) is 11.3. The molecule has 0 bridgehead atoms. The summed E-state index contributed by atoms with van der Waals surface area (Å²) in [6, 6.07) is 32.3. The minimum absolute atomic E-state index is 0.0281. The zero-order valence-corrected chi connectivity index (χ0v) is 33.9. The van der Waals surface area contributed by atoms with Gasteiger partial charge in [0.15, 0.2) is 0 Å². The number of benzene rings is 4. The maximum atomic E-state index is 13.5. The molecular weight excluding hydrogens is 803 g/mol. The minimum Gasteiger partial charge on any atom is -0.314 e. The first-order valence-corrected chi connectivity index (χ1v) is 20.2. The van der Waals surface area contributed by atoms with Gasteiger partial charge in [-0.25, -0.2) is 4.98 Å². The van der Waals surface area contributed by atoms with Crippen LogP contribution in [0.1, 0.15) is 58.6 Å². The van der Waals surface area contributed by atoms with Crippen molar-refractivity contribution in [1.29, 1.82) is 16.2 Å². The van der Waals surface area contributed by atoms with E-state index in [1.165, 1.54) is 48.2 Å². The lowest BCUT2D eigenvalue weighted by Crippen LogP contribution is -2.16. The van der Waals surface area contributed by atoms with Crippen LogP contribution in [-0.2, 0) is 24.3 Å². The topological polar surface area (TPSA) is 109 Å². The predicted molar refractivity (Wildman–Crippen MR) is 228 cm³/mol. The number of aromatic nitrogens is 2. The van der Waals surface area contributed by atoms with Gasteiger partial charge in [-0.2, -0.15) is 26.3 Å². The first-order chi connectivity index (χ1) is 27.9. The summed E-state index contributed by atoms with van der Waals surface area (Å²) in [5.41, 5.74) is 5.51. The second kappa shape index (κ2) is 17.3. The van der Waals surface area contributed by atoms with Gasteiger partial charge in [0, 0.05) is 34.2 Å². The first-order valence-electron chi connectivity index (χ1n) is 18.1. The Hall–Kier alpha value is -5.57. The van der Waals surface area contributed by atoms with Crippen molar-refractivity contribution in [2.45, 2.75) is 38.2 Å². The number of fused-ring (bicyclic) bond motifs is 3. The molecule has 59 heavy (non-hydrogen) atoms. The lowest BCUT2D eigenvalue weighted by atomic mass is 9.81. The highest BCUT2D eigenvalue weighted by atomic mass is 32.2. The van der Waals surface area contributed by atoms with Crippen LogP contribution in [0.4, 0.5) is 26.3 Å². The molecule has 0 radical (unpaired) electrons. The number of halogens is 6. The molecule has 6 aromatic rings. The molecule has 0 unspecified atom stereocenters. The summed E-state index contributed by atoms with van der Waals surface area (Å²) in [5, 5.41) is 29.1. The van der Waals surface area contributed by atoms with Gasteiger partial charge in [0.05, 0.1) is 38.9 Å². The molecule has 0 fully saturated rings. The van der Waals surface area contributed by atoms with Gasteiger partial charge in [-0.15, -0.1) is 11.8 Å². The molecule has 1 aliphatic rings. The van der Waals surface area contributed by atoms with Gasteiger partial charge >= 0.3 is 12.4 Å². The molecule has 7 rings (SSSR count). The number of hydrogen-bond acceptors (Lipinski definition) is 8. The van der Waals surface area contributed by atoms with Crippen LogP contribution in [0, 0.1) is 16.2 Å². The second-order valence-electron chi connectivity index (χ2n) is 14.0. The largest absolute Gasteiger partial charge is 0.417 e. The van der Waals surface area contributed by atoms with E-state index in [1.807, 2.05) is 36.6 Å². The van der Waals surface area contributed by atoms with E-state index in [0.29, 0.717) is 28.5 Å². The van der Waals surface area contributed by atoms with Crippen LogP contribution in [0.2, 0.25) is 0 Å². The van der Waals surface area contributed by atoms with Crippen LogP contribution >= 0.6 is 23.5 Å². The van der Waals surface area contributed by atoms with Crippen molar-refractivity contribution in [3.05, 3.63) is 166 Å². The average molecular weight is 841 g/mol. The number of nitrogens with one attached hydrogen (secondary N) is 4. The molecule has 0 saturated carbocycles. The number of pyridine rings is 2. The summed E-state index contributed by atoms with van der Waals surface area (Å²) < 4.78 is 79.5. The fraction of sp³-hybridized carbons (Fsp3) is 0.178. The van der Waals surface area contributed by atoms with E-state index in [2.05, 4.69) is 35.2 Å². The lowest BCUT2D eigenvalue weighted by Gasteiger charge is -2.22. The molecule has 0 spiro atoms. The van der Waals surface area contributed by atoms with Crippen molar-refractivity contribution in [2.24, 2.45) is 0 Å². The normalized spacial score (nSPS) is 12.8. The summed E-state index contributed by atoms with van der Waals surface area (Å²) in [6.45, 7) is 4.77. The van der Waals surface area contributed by atoms with Crippen LogP contribution < -0.4 is 5.32 Å². The molecule has 2 aromatic heterocycles. The van der Waals surface area contributed by atoms with Crippen LogP contribution in [0.15, 0.2) is 121 Å². The Morgan fingerprint density at radius 1 is 0.593 bits per heavy atom. The maximum Gasteiger partial charge on any atom is 0.417 e. The third-order valence-electron chi connectivity index (χ3n) is 9.77. The molecule has 302 valence electrons. The van der Waals surface area contributed by atoms with Crippen LogP contribution in [-0.4, -0.2) is 38.4 Å². The molecule has 6 nitrogen and oxygen atoms in total. The summed E-state index contributed by atoms with van der Waals surface area (Å²) >= 11 is 2.31. The zero-order chi connectivity index (χ0) is 42.7. The van der Waals surface area contributed by atoms with Crippen molar-refractivity contribution in [3.63, 3.8) is 0 Å². The van der Waals surface area contributed by atoms with E-state index in [-0.39, 0.29) is 38.0 Å². The summed E-state index contributed by atoms with van der Waals surface area (Å²) in [7, 11) is 1.76. The Labute approximate surface area is 346 Å². The van der Waals surface area contributed by atoms with Gasteiger partial charge in [-0.05, 0) is 95.9 Å². The van der Waals surface area contributed by atoms with Crippen molar-refractivity contribution >= 4 is 38.7 Å². The van der Waals surface area contributed by atoms with Crippen molar-refractivity contribution in [3.8, 4) is 33.6 Å². The maximum absolute atomic E-state index is 13.5. The van der Waals surface area contributed by atoms with E-state index in [0.717, 1.165) is 51.7 Å². The minimum atomic E-state index is -4.53. The number of nitrogens with zero attached hydrogens (tertiary/aromatic N) is 2. The number of thioether (sulfide) groups is 2. The second-order valence-corrected chi connectivity index (χ2v) is 15.8.